The fourth-order valence-corrected chi connectivity index (χ4v) is 4.53. The van der Waals surface area contributed by atoms with Gasteiger partial charge in [0.25, 0.3) is 0 Å². The first-order chi connectivity index (χ1) is 17.2. The van der Waals surface area contributed by atoms with Gasteiger partial charge in [-0.05, 0) is 33.3 Å². The Hall–Kier alpha value is -3.16. The van der Waals surface area contributed by atoms with Crippen LogP contribution >= 0.6 is 11.6 Å². The molecule has 0 radical (unpaired) electrons. The van der Waals surface area contributed by atoms with Crippen molar-refractivity contribution in [1.82, 2.24) is 29.1 Å². The molecule has 2 aliphatic heterocycles. The Balaban J connectivity index is 1.71. The maximum atomic E-state index is 13.8. The van der Waals surface area contributed by atoms with Gasteiger partial charge in [0.1, 0.15) is 17.8 Å². The highest BCUT2D eigenvalue weighted by Gasteiger charge is 2.41. The van der Waals surface area contributed by atoms with Crippen LogP contribution in [0.2, 0.25) is 5.02 Å². The largest absolute Gasteiger partial charge is 0.444 e. The van der Waals surface area contributed by atoms with E-state index in [9.17, 15) is 31.9 Å². The SMILES string of the molecule is CC(C)(C)OC(=O)N1Cc2nn(Cc3nccc(C(F)(F)F)c3Cl)c(=O)n2[C@@H](C(=O)N2CC[C@H](F)C2)C1. The van der Waals surface area contributed by atoms with Crippen molar-refractivity contribution in [2.45, 2.75) is 64.3 Å². The minimum absolute atomic E-state index is 0.0135. The number of hydrogen-bond donors (Lipinski definition) is 0. The summed E-state index contributed by atoms with van der Waals surface area (Å²) in [5.41, 5.74) is -3.01. The van der Waals surface area contributed by atoms with Crippen LogP contribution in [0.5, 0.6) is 0 Å². The monoisotopic (exact) mass is 548 g/mol. The number of amides is 2. The molecule has 10 nitrogen and oxygen atoms in total. The van der Waals surface area contributed by atoms with Gasteiger partial charge in [0.05, 0.1) is 42.5 Å². The van der Waals surface area contributed by atoms with Gasteiger partial charge in [-0.25, -0.2) is 18.7 Å². The van der Waals surface area contributed by atoms with Crippen LogP contribution in [0, 0.1) is 0 Å². The average molecular weight is 549 g/mol. The molecule has 0 saturated carbocycles. The molecule has 2 aromatic heterocycles. The molecular weight excluding hydrogens is 524 g/mol. The lowest BCUT2D eigenvalue weighted by Gasteiger charge is -2.35. The van der Waals surface area contributed by atoms with E-state index in [0.717, 1.165) is 15.4 Å². The van der Waals surface area contributed by atoms with Crippen molar-refractivity contribution in [3.05, 3.63) is 44.9 Å². The van der Waals surface area contributed by atoms with E-state index in [1.54, 1.807) is 20.8 Å². The zero-order chi connectivity index (χ0) is 27.3. The number of fused-ring (bicyclic) bond motifs is 1. The summed E-state index contributed by atoms with van der Waals surface area (Å²) in [5.74, 6) is -0.564. The molecule has 4 heterocycles. The summed E-state index contributed by atoms with van der Waals surface area (Å²) in [6, 6.07) is -0.512. The van der Waals surface area contributed by atoms with Crippen molar-refractivity contribution in [2.75, 3.05) is 19.6 Å². The van der Waals surface area contributed by atoms with Gasteiger partial charge in [0.2, 0.25) is 5.91 Å². The topological polar surface area (TPSA) is 103 Å². The molecule has 0 aromatic carbocycles. The number of alkyl halides is 4. The lowest BCUT2D eigenvalue weighted by Crippen LogP contribution is -2.51. The predicted octanol–water partition coefficient (Wildman–Crippen LogP) is 3.02. The Morgan fingerprint density at radius 3 is 2.49 bits per heavy atom. The van der Waals surface area contributed by atoms with Crippen LogP contribution in [-0.4, -0.2) is 72.5 Å². The summed E-state index contributed by atoms with van der Waals surface area (Å²) in [7, 11) is 0. The molecule has 0 unspecified atom stereocenters. The molecular formula is C22H25ClF4N6O4. The number of pyridine rings is 1. The third-order valence-corrected chi connectivity index (χ3v) is 6.35. The van der Waals surface area contributed by atoms with Gasteiger partial charge in [0.15, 0.2) is 5.82 Å². The lowest BCUT2D eigenvalue weighted by atomic mass is 10.1. The van der Waals surface area contributed by atoms with Crippen LogP contribution < -0.4 is 5.69 Å². The number of carbonyl (C=O) groups is 2. The second-order valence-corrected chi connectivity index (χ2v) is 10.3. The minimum Gasteiger partial charge on any atom is -0.444 e. The van der Waals surface area contributed by atoms with Crippen LogP contribution in [-0.2, 0) is 28.8 Å². The number of nitrogens with zero attached hydrogens (tertiary/aromatic N) is 6. The summed E-state index contributed by atoms with van der Waals surface area (Å²) in [6.07, 6.45) is -5.62. The zero-order valence-electron chi connectivity index (χ0n) is 20.3. The summed E-state index contributed by atoms with van der Waals surface area (Å²) < 4.78 is 60.9. The number of likely N-dealkylation sites (tertiary alicyclic amines) is 1. The predicted molar refractivity (Wildman–Crippen MR) is 122 cm³/mol. The molecule has 0 bridgehead atoms. The highest BCUT2D eigenvalue weighted by atomic mass is 35.5. The molecule has 0 aliphatic carbocycles. The van der Waals surface area contributed by atoms with Crippen molar-refractivity contribution in [3.8, 4) is 0 Å². The molecule has 1 fully saturated rings. The van der Waals surface area contributed by atoms with Gasteiger partial charge in [-0.2, -0.15) is 18.3 Å². The maximum Gasteiger partial charge on any atom is 0.417 e. The summed E-state index contributed by atoms with van der Waals surface area (Å²) in [6.45, 7) is 4.05. The average Bonchev–Trinajstić information content (AvgIpc) is 3.35. The lowest BCUT2D eigenvalue weighted by molar-refractivity contribution is -0.137. The van der Waals surface area contributed by atoms with E-state index in [0.29, 0.717) is 6.07 Å². The first-order valence-electron chi connectivity index (χ1n) is 11.5. The molecule has 0 N–H and O–H groups in total. The number of ether oxygens (including phenoxy) is 1. The summed E-state index contributed by atoms with van der Waals surface area (Å²) in [5, 5.41) is 3.50. The van der Waals surface area contributed by atoms with Gasteiger partial charge < -0.3 is 9.64 Å². The Morgan fingerprint density at radius 2 is 1.89 bits per heavy atom. The van der Waals surface area contributed by atoms with Gasteiger partial charge in [-0.3, -0.25) is 19.2 Å². The fourth-order valence-electron chi connectivity index (χ4n) is 4.26. The van der Waals surface area contributed by atoms with Gasteiger partial charge in [0, 0.05) is 12.7 Å². The third-order valence-electron chi connectivity index (χ3n) is 5.92. The molecule has 37 heavy (non-hydrogen) atoms. The van der Waals surface area contributed by atoms with E-state index in [1.165, 1.54) is 9.80 Å². The van der Waals surface area contributed by atoms with Crippen LogP contribution in [0.25, 0.3) is 0 Å². The van der Waals surface area contributed by atoms with E-state index in [1.807, 2.05) is 0 Å². The smallest absolute Gasteiger partial charge is 0.417 e. The molecule has 2 atom stereocenters. The van der Waals surface area contributed by atoms with E-state index in [4.69, 9.17) is 16.3 Å². The highest BCUT2D eigenvalue weighted by Crippen LogP contribution is 2.35. The highest BCUT2D eigenvalue weighted by molar-refractivity contribution is 6.32. The van der Waals surface area contributed by atoms with Crippen LogP contribution in [0.1, 0.15) is 50.3 Å². The normalized spacial score (nSPS) is 20.2. The number of hydrogen-bond acceptors (Lipinski definition) is 6. The number of carbonyl (C=O) groups excluding carboxylic acids is 2. The van der Waals surface area contributed by atoms with E-state index < -0.39 is 58.8 Å². The van der Waals surface area contributed by atoms with Crippen LogP contribution in [0.4, 0.5) is 22.4 Å². The molecule has 2 aromatic rings. The first kappa shape index (κ1) is 26.9. The summed E-state index contributed by atoms with van der Waals surface area (Å²) >= 11 is 5.93. The second-order valence-electron chi connectivity index (χ2n) is 9.89. The van der Waals surface area contributed by atoms with Gasteiger partial charge in [-0.15, -0.1) is 0 Å². The first-order valence-corrected chi connectivity index (χ1v) is 11.8. The minimum atomic E-state index is -4.73. The molecule has 202 valence electrons. The van der Waals surface area contributed by atoms with E-state index in [-0.39, 0.29) is 44.1 Å². The van der Waals surface area contributed by atoms with Crippen LogP contribution in [0.3, 0.4) is 0 Å². The number of aromatic nitrogens is 4. The van der Waals surface area contributed by atoms with Crippen molar-refractivity contribution in [3.63, 3.8) is 0 Å². The van der Waals surface area contributed by atoms with Crippen molar-refractivity contribution in [1.29, 1.82) is 0 Å². The van der Waals surface area contributed by atoms with Gasteiger partial charge in [-0.1, -0.05) is 11.6 Å². The Morgan fingerprint density at radius 1 is 1.19 bits per heavy atom. The number of halogens is 5. The third kappa shape index (κ3) is 5.58. The molecule has 0 spiro atoms. The second kappa shape index (κ2) is 9.62. The molecule has 2 amide bonds. The van der Waals surface area contributed by atoms with Gasteiger partial charge >= 0.3 is 18.0 Å². The molecule has 4 rings (SSSR count). The van der Waals surface area contributed by atoms with Crippen molar-refractivity contribution in [2.24, 2.45) is 0 Å². The van der Waals surface area contributed by atoms with E-state index in [2.05, 4.69) is 10.1 Å². The fraction of sp³-hybridized carbons (Fsp3) is 0.591. The van der Waals surface area contributed by atoms with Crippen molar-refractivity contribution >= 4 is 23.6 Å². The Labute approximate surface area is 213 Å². The van der Waals surface area contributed by atoms with Crippen LogP contribution in [0.15, 0.2) is 17.1 Å². The maximum absolute atomic E-state index is 13.8. The summed E-state index contributed by atoms with van der Waals surface area (Å²) in [4.78, 5) is 45.7. The van der Waals surface area contributed by atoms with E-state index >= 15 is 0 Å². The molecule has 2 aliphatic rings. The molecule has 1 saturated heterocycles. The quantitative estimate of drug-likeness (QED) is 0.546. The number of rotatable bonds is 3. The standard InChI is InChI=1S/C22H25ClF4N6O4/c1-21(2,3)37-20(36)31-10-15(18(34)30-7-5-12(24)8-30)33-16(11-31)29-32(19(33)35)9-14-17(23)13(4-6-28-14)22(25,26)27/h4,6,12,15H,5,7-11H2,1-3H3/t12-,15+/m0/s1. The Bertz CT molecular complexity index is 1270. The van der Waals surface area contributed by atoms with Crippen molar-refractivity contribution < 1.29 is 31.9 Å². The zero-order valence-corrected chi connectivity index (χ0v) is 21.0. The Kier molecular flexibility index (Phi) is 6.99. The molecule has 15 heteroatoms.